The van der Waals surface area contributed by atoms with Gasteiger partial charge in [-0.15, -0.1) is 0 Å². The number of fused-ring (bicyclic) bond motifs is 2. The van der Waals surface area contributed by atoms with Gasteiger partial charge in [0.05, 0.1) is 12.2 Å². The summed E-state index contributed by atoms with van der Waals surface area (Å²) in [5.41, 5.74) is 0.374. The normalized spacial score (nSPS) is 42.5. The minimum atomic E-state index is 0.374. The van der Waals surface area contributed by atoms with Crippen LogP contribution in [0.3, 0.4) is 0 Å². The summed E-state index contributed by atoms with van der Waals surface area (Å²) in [6.45, 7) is 1.09. The highest BCUT2D eigenvalue weighted by Crippen LogP contribution is 2.54. The number of hydrogen-bond donors (Lipinski definition) is 0. The Morgan fingerprint density at radius 1 is 0.923 bits per heavy atom. The summed E-state index contributed by atoms with van der Waals surface area (Å²) in [6, 6.07) is 0. The van der Waals surface area contributed by atoms with Gasteiger partial charge in [-0.25, -0.2) is 0 Å². The summed E-state index contributed by atoms with van der Waals surface area (Å²) in [5.74, 6) is 1.92. The van der Waals surface area contributed by atoms with Gasteiger partial charge in [0, 0.05) is 0 Å². The molecule has 0 aromatic rings. The van der Waals surface area contributed by atoms with Crippen molar-refractivity contribution in [1.29, 1.82) is 0 Å². The lowest BCUT2D eigenvalue weighted by Gasteiger charge is -2.40. The van der Waals surface area contributed by atoms with Crippen LogP contribution in [0.2, 0.25) is 0 Å². The minimum absolute atomic E-state index is 0.374. The van der Waals surface area contributed by atoms with Gasteiger partial charge in [-0.1, -0.05) is 25.7 Å². The molecule has 0 aromatic heterocycles. The molecule has 74 valence electrons. The molecule has 0 N–H and O–H groups in total. The molecule has 3 aliphatic rings. The van der Waals surface area contributed by atoms with Gasteiger partial charge in [-0.2, -0.15) is 0 Å². The molecule has 1 aliphatic heterocycles. The first-order chi connectivity index (χ1) is 6.41. The van der Waals surface area contributed by atoms with Gasteiger partial charge >= 0.3 is 0 Å². The molecule has 13 heavy (non-hydrogen) atoms. The topological polar surface area (TPSA) is 9.23 Å². The van der Waals surface area contributed by atoms with Gasteiger partial charge < -0.3 is 4.74 Å². The van der Waals surface area contributed by atoms with Gasteiger partial charge in [0.1, 0.15) is 0 Å². The Hall–Kier alpha value is -0.0400. The van der Waals surface area contributed by atoms with Crippen molar-refractivity contribution in [3.8, 4) is 0 Å². The lowest BCUT2D eigenvalue weighted by molar-refractivity contribution is -0.0393. The summed E-state index contributed by atoms with van der Waals surface area (Å²) >= 11 is 0. The average molecular weight is 180 g/mol. The fraction of sp³-hybridized carbons (Fsp3) is 1.00. The van der Waals surface area contributed by atoms with Gasteiger partial charge in [-0.05, 0) is 37.5 Å². The summed E-state index contributed by atoms with van der Waals surface area (Å²) in [5, 5.41) is 0. The molecule has 1 heteroatoms. The van der Waals surface area contributed by atoms with E-state index in [-0.39, 0.29) is 0 Å². The van der Waals surface area contributed by atoms with E-state index in [1.165, 1.54) is 51.4 Å². The summed E-state index contributed by atoms with van der Waals surface area (Å²) in [7, 11) is 0. The molecule has 1 nitrogen and oxygen atoms in total. The van der Waals surface area contributed by atoms with E-state index in [0.717, 1.165) is 18.4 Å². The maximum atomic E-state index is 6.15. The van der Waals surface area contributed by atoms with Crippen molar-refractivity contribution in [3.05, 3.63) is 0 Å². The van der Waals surface area contributed by atoms with Crippen LogP contribution in [-0.2, 0) is 4.74 Å². The molecular formula is C12H20O. The van der Waals surface area contributed by atoms with Crippen LogP contribution in [0.4, 0.5) is 0 Å². The molecule has 0 amide bonds. The molecular weight excluding hydrogens is 160 g/mol. The van der Waals surface area contributed by atoms with Crippen molar-refractivity contribution >= 4 is 0 Å². The Morgan fingerprint density at radius 2 is 1.69 bits per heavy atom. The van der Waals surface area contributed by atoms with E-state index >= 15 is 0 Å². The van der Waals surface area contributed by atoms with E-state index in [1.807, 2.05) is 0 Å². The van der Waals surface area contributed by atoms with Gasteiger partial charge in [0.2, 0.25) is 0 Å². The molecule has 2 aliphatic carbocycles. The fourth-order valence-corrected chi connectivity index (χ4v) is 3.68. The second-order valence-corrected chi connectivity index (χ2v) is 5.23. The second kappa shape index (κ2) is 2.98. The van der Waals surface area contributed by atoms with Crippen molar-refractivity contribution in [2.24, 2.45) is 11.8 Å². The zero-order chi connectivity index (χ0) is 8.73. The third kappa shape index (κ3) is 1.16. The fourth-order valence-electron chi connectivity index (χ4n) is 3.68. The van der Waals surface area contributed by atoms with Gasteiger partial charge in [0.25, 0.3) is 0 Å². The largest absolute Gasteiger partial charge is 0.374 e. The Bertz CT molecular complexity index is 191. The smallest absolute Gasteiger partial charge is 0.0714 e. The summed E-state index contributed by atoms with van der Waals surface area (Å²) in [4.78, 5) is 0. The van der Waals surface area contributed by atoms with Crippen LogP contribution < -0.4 is 0 Å². The molecule has 2 atom stereocenters. The first-order valence-corrected chi connectivity index (χ1v) is 6.05. The van der Waals surface area contributed by atoms with Crippen molar-refractivity contribution in [3.63, 3.8) is 0 Å². The molecule has 1 saturated heterocycles. The Kier molecular flexibility index (Phi) is 1.90. The lowest BCUT2D eigenvalue weighted by Crippen LogP contribution is -2.40. The van der Waals surface area contributed by atoms with E-state index in [1.54, 1.807) is 0 Å². The van der Waals surface area contributed by atoms with Crippen LogP contribution in [0.15, 0.2) is 0 Å². The summed E-state index contributed by atoms with van der Waals surface area (Å²) < 4.78 is 6.15. The molecule has 3 rings (SSSR count). The zero-order valence-corrected chi connectivity index (χ0v) is 8.43. The number of ether oxygens (including phenoxy) is 1. The summed E-state index contributed by atoms with van der Waals surface area (Å²) in [6.07, 6.45) is 11.4. The minimum Gasteiger partial charge on any atom is -0.374 e. The molecule has 0 aromatic carbocycles. The van der Waals surface area contributed by atoms with Crippen molar-refractivity contribution in [1.82, 2.24) is 0 Å². The Balaban J connectivity index is 1.78. The maximum Gasteiger partial charge on any atom is 0.0714 e. The van der Waals surface area contributed by atoms with E-state index in [2.05, 4.69) is 0 Å². The van der Waals surface area contributed by atoms with Crippen LogP contribution in [0.5, 0.6) is 0 Å². The van der Waals surface area contributed by atoms with E-state index in [0.29, 0.717) is 5.60 Å². The van der Waals surface area contributed by atoms with E-state index in [4.69, 9.17) is 4.74 Å². The molecule has 0 bridgehead atoms. The van der Waals surface area contributed by atoms with Crippen LogP contribution in [0.1, 0.15) is 51.4 Å². The third-order valence-corrected chi connectivity index (χ3v) is 4.63. The van der Waals surface area contributed by atoms with E-state index < -0.39 is 0 Å². The average Bonchev–Trinajstić information content (AvgIpc) is 2.24. The SMILES string of the molecule is C1CCCC2(CC1)OCC1CCC12. The van der Waals surface area contributed by atoms with Gasteiger partial charge in [-0.3, -0.25) is 0 Å². The standard InChI is InChI=1S/C12H20O/c1-2-4-8-12(7-3-1)11-6-5-10(11)9-13-12/h10-11H,1-9H2. The lowest BCUT2D eigenvalue weighted by atomic mass is 9.65. The molecule has 3 fully saturated rings. The molecule has 0 radical (unpaired) electrons. The quantitative estimate of drug-likeness (QED) is 0.556. The van der Waals surface area contributed by atoms with Crippen molar-refractivity contribution < 1.29 is 4.74 Å². The predicted octanol–water partition coefficient (Wildman–Crippen LogP) is 3.14. The highest BCUT2D eigenvalue weighted by molar-refractivity contribution is 5.02. The molecule has 2 unspecified atom stereocenters. The maximum absolute atomic E-state index is 6.15. The van der Waals surface area contributed by atoms with Crippen LogP contribution in [-0.4, -0.2) is 12.2 Å². The van der Waals surface area contributed by atoms with Crippen LogP contribution >= 0.6 is 0 Å². The number of rotatable bonds is 0. The molecule has 2 saturated carbocycles. The molecule has 1 spiro atoms. The third-order valence-electron chi connectivity index (χ3n) is 4.63. The number of hydrogen-bond acceptors (Lipinski definition) is 1. The van der Waals surface area contributed by atoms with Crippen LogP contribution in [0, 0.1) is 11.8 Å². The zero-order valence-electron chi connectivity index (χ0n) is 8.43. The predicted molar refractivity (Wildman–Crippen MR) is 52.6 cm³/mol. The highest BCUT2D eigenvalue weighted by atomic mass is 16.5. The molecule has 1 heterocycles. The van der Waals surface area contributed by atoms with E-state index in [9.17, 15) is 0 Å². The first-order valence-electron chi connectivity index (χ1n) is 6.05. The highest BCUT2D eigenvalue weighted by Gasteiger charge is 2.53. The first kappa shape index (κ1) is 8.28. The Morgan fingerprint density at radius 3 is 2.23 bits per heavy atom. The van der Waals surface area contributed by atoms with Crippen molar-refractivity contribution in [2.45, 2.75) is 57.0 Å². The van der Waals surface area contributed by atoms with Gasteiger partial charge in [0.15, 0.2) is 0 Å². The Labute approximate surface area is 80.8 Å². The monoisotopic (exact) mass is 180 g/mol. The van der Waals surface area contributed by atoms with Crippen LogP contribution in [0.25, 0.3) is 0 Å². The second-order valence-electron chi connectivity index (χ2n) is 5.23. The van der Waals surface area contributed by atoms with Crippen molar-refractivity contribution in [2.75, 3.05) is 6.61 Å².